The molecule has 4 aromatic rings. The molecule has 1 saturated heterocycles. The van der Waals surface area contributed by atoms with Gasteiger partial charge in [-0.1, -0.05) is 12.1 Å². The molecule has 0 spiro atoms. The highest BCUT2D eigenvalue weighted by molar-refractivity contribution is 6.04. The van der Waals surface area contributed by atoms with Crippen LogP contribution in [-0.2, 0) is 6.18 Å². The average molecular weight is 481 g/mol. The molecule has 1 aliphatic rings. The zero-order chi connectivity index (χ0) is 24.7. The van der Waals surface area contributed by atoms with E-state index in [0.717, 1.165) is 49.1 Å². The zero-order valence-corrected chi connectivity index (χ0v) is 18.8. The molecule has 11 heteroatoms. The van der Waals surface area contributed by atoms with Crippen LogP contribution in [0.4, 0.5) is 24.8 Å². The van der Waals surface area contributed by atoms with Crippen LogP contribution in [0.3, 0.4) is 0 Å². The van der Waals surface area contributed by atoms with Crippen LogP contribution < -0.4 is 11.1 Å². The number of hydrogen-bond donors (Lipinski definition) is 2. The molecule has 0 unspecified atom stereocenters. The molecule has 0 radical (unpaired) electrons. The van der Waals surface area contributed by atoms with Crippen molar-refractivity contribution in [3.05, 3.63) is 71.9 Å². The molecule has 35 heavy (non-hydrogen) atoms. The molecule has 4 heterocycles. The maximum Gasteiger partial charge on any atom is 0.416 e. The number of imidazole rings is 1. The number of nitrogens with two attached hydrogens (primary N) is 1. The molecule has 1 aromatic carbocycles. The highest BCUT2D eigenvalue weighted by Crippen LogP contribution is 2.35. The molecule has 180 valence electrons. The molecule has 0 saturated carbocycles. The third-order valence-corrected chi connectivity index (χ3v) is 6.18. The van der Waals surface area contributed by atoms with Crippen molar-refractivity contribution in [2.24, 2.45) is 0 Å². The van der Waals surface area contributed by atoms with Gasteiger partial charge in [0.1, 0.15) is 28.7 Å². The molecular formula is C24H22F3N7O. The number of carbonyl (C=O) groups excluding carboxylic acids is 1. The Labute approximate surface area is 198 Å². The van der Waals surface area contributed by atoms with E-state index in [0.29, 0.717) is 17.0 Å². The summed E-state index contributed by atoms with van der Waals surface area (Å²) < 4.78 is 40.8. The number of fused-ring (bicyclic) bond motifs is 1. The molecule has 1 amide bonds. The third kappa shape index (κ3) is 4.30. The van der Waals surface area contributed by atoms with Crippen molar-refractivity contribution in [2.45, 2.75) is 25.1 Å². The second kappa shape index (κ2) is 8.66. The summed E-state index contributed by atoms with van der Waals surface area (Å²) >= 11 is 0. The van der Waals surface area contributed by atoms with E-state index in [4.69, 9.17) is 10.7 Å². The van der Waals surface area contributed by atoms with Gasteiger partial charge in [0, 0.05) is 29.7 Å². The van der Waals surface area contributed by atoms with Crippen molar-refractivity contribution >= 4 is 23.1 Å². The number of anilines is 2. The van der Waals surface area contributed by atoms with E-state index in [1.807, 2.05) is 10.6 Å². The number of nitrogens with one attached hydrogen (secondary N) is 1. The fraction of sp³-hybridized carbons (Fsp3) is 0.250. The van der Waals surface area contributed by atoms with Crippen LogP contribution in [0, 0.1) is 0 Å². The van der Waals surface area contributed by atoms with Crippen LogP contribution in [0.15, 0.2) is 55.0 Å². The van der Waals surface area contributed by atoms with Gasteiger partial charge in [0.15, 0.2) is 0 Å². The summed E-state index contributed by atoms with van der Waals surface area (Å²) in [6.45, 7) is 0.986. The molecule has 1 fully saturated rings. The fourth-order valence-corrected chi connectivity index (χ4v) is 4.40. The van der Waals surface area contributed by atoms with Crippen LogP contribution in [0.1, 0.15) is 40.6 Å². The Morgan fingerprint density at radius 3 is 2.60 bits per heavy atom. The molecule has 0 aliphatic carbocycles. The Hall–Kier alpha value is -3.99. The summed E-state index contributed by atoms with van der Waals surface area (Å²) in [5.74, 6) is 0.464. The standard InChI is InChI=1S/C24H22F3N7O/c1-33-11-2-3-17(33)22-32-19(20-21(28)30-10-12-34(20)22)14-4-6-15(7-5-14)23(35)31-18-13-16(8-9-29-18)24(25,26)27/h4-10,12-13,17H,2-3,11H2,1H3,(H2,28,30)(H,29,31,35)/t17-/m0/s1. The Bertz CT molecular complexity index is 1400. The minimum absolute atomic E-state index is 0.156. The molecule has 8 nitrogen and oxygen atoms in total. The highest BCUT2D eigenvalue weighted by Gasteiger charge is 2.31. The number of pyridine rings is 1. The number of alkyl halides is 3. The predicted octanol–water partition coefficient (Wildman–Crippen LogP) is 4.41. The maximum absolute atomic E-state index is 12.9. The fourth-order valence-electron chi connectivity index (χ4n) is 4.40. The van der Waals surface area contributed by atoms with Crippen LogP contribution in [-0.4, -0.2) is 43.8 Å². The van der Waals surface area contributed by atoms with Crippen molar-refractivity contribution in [1.82, 2.24) is 24.3 Å². The second-order valence-corrected chi connectivity index (χ2v) is 8.45. The van der Waals surface area contributed by atoms with Crippen molar-refractivity contribution in [1.29, 1.82) is 0 Å². The first-order valence-corrected chi connectivity index (χ1v) is 11.0. The summed E-state index contributed by atoms with van der Waals surface area (Å²) in [6, 6.07) is 8.41. The number of amides is 1. The van der Waals surface area contributed by atoms with Crippen molar-refractivity contribution in [3.8, 4) is 11.3 Å². The highest BCUT2D eigenvalue weighted by atomic mass is 19.4. The largest absolute Gasteiger partial charge is 0.416 e. The average Bonchev–Trinajstić information content (AvgIpc) is 3.43. The summed E-state index contributed by atoms with van der Waals surface area (Å²) in [6.07, 6.45) is 2.02. The Morgan fingerprint density at radius 1 is 1.14 bits per heavy atom. The monoisotopic (exact) mass is 481 g/mol. The van der Waals surface area contributed by atoms with E-state index < -0.39 is 17.6 Å². The lowest BCUT2D eigenvalue weighted by Gasteiger charge is -2.18. The summed E-state index contributed by atoms with van der Waals surface area (Å²) in [7, 11) is 2.07. The first kappa shape index (κ1) is 22.8. The van der Waals surface area contributed by atoms with E-state index >= 15 is 0 Å². The first-order chi connectivity index (χ1) is 16.7. The normalized spacial score (nSPS) is 16.6. The quantitative estimate of drug-likeness (QED) is 0.448. The van der Waals surface area contributed by atoms with Crippen molar-refractivity contribution < 1.29 is 18.0 Å². The van der Waals surface area contributed by atoms with E-state index in [1.54, 1.807) is 30.5 Å². The van der Waals surface area contributed by atoms with Gasteiger partial charge >= 0.3 is 6.18 Å². The molecular weight excluding hydrogens is 459 g/mol. The molecule has 1 atom stereocenters. The van der Waals surface area contributed by atoms with Crippen LogP contribution in [0.5, 0.6) is 0 Å². The number of hydrogen-bond acceptors (Lipinski definition) is 6. The SMILES string of the molecule is CN1CCC[C@H]1c1nc(-c2ccc(C(=O)Nc3cc(C(F)(F)F)ccn3)cc2)c2c(N)nccn12. The number of benzene rings is 1. The second-order valence-electron chi connectivity index (χ2n) is 8.45. The van der Waals surface area contributed by atoms with Crippen LogP contribution in [0.2, 0.25) is 0 Å². The first-order valence-electron chi connectivity index (χ1n) is 11.0. The third-order valence-electron chi connectivity index (χ3n) is 6.18. The van der Waals surface area contributed by atoms with Gasteiger partial charge in [-0.25, -0.2) is 15.0 Å². The van der Waals surface area contributed by atoms with E-state index in [1.165, 1.54) is 0 Å². The molecule has 0 bridgehead atoms. The topological polar surface area (TPSA) is 101 Å². The molecule has 1 aliphatic heterocycles. The summed E-state index contributed by atoms with van der Waals surface area (Å²) in [5.41, 5.74) is 7.66. The summed E-state index contributed by atoms with van der Waals surface area (Å²) in [4.78, 5) is 27.8. The van der Waals surface area contributed by atoms with Gasteiger partial charge in [0.25, 0.3) is 5.91 Å². The van der Waals surface area contributed by atoms with E-state index in [9.17, 15) is 18.0 Å². The Balaban J connectivity index is 1.44. The van der Waals surface area contributed by atoms with Gasteiger partial charge in [-0.2, -0.15) is 13.2 Å². The predicted molar refractivity (Wildman–Crippen MR) is 125 cm³/mol. The van der Waals surface area contributed by atoms with Gasteiger partial charge in [-0.05, 0) is 50.7 Å². The van der Waals surface area contributed by atoms with Crippen molar-refractivity contribution in [3.63, 3.8) is 0 Å². The van der Waals surface area contributed by atoms with E-state index in [2.05, 4.69) is 27.2 Å². The number of halogens is 3. The number of carbonyl (C=O) groups is 1. The Morgan fingerprint density at radius 2 is 1.91 bits per heavy atom. The molecule has 3 N–H and O–H groups in total. The van der Waals surface area contributed by atoms with Crippen molar-refractivity contribution in [2.75, 3.05) is 24.6 Å². The number of aromatic nitrogens is 4. The number of nitrogen functional groups attached to an aromatic ring is 1. The molecule has 5 rings (SSSR count). The lowest BCUT2D eigenvalue weighted by atomic mass is 10.1. The minimum atomic E-state index is -4.53. The van der Waals surface area contributed by atoms with Gasteiger partial charge in [0.2, 0.25) is 0 Å². The lowest BCUT2D eigenvalue weighted by Crippen LogP contribution is -2.19. The minimum Gasteiger partial charge on any atom is -0.382 e. The van der Waals surface area contributed by atoms with Crippen LogP contribution in [0.25, 0.3) is 16.8 Å². The Kier molecular flexibility index (Phi) is 5.64. The van der Waals surface area contributed by atoms with Gasteiger partial charge < -0.3 is 11.1 Å². The van der Waals surface area contributed by atoms with Gasteiger partial charge in [0.05, 0.1) is 11.6 Å². The number of nitrogens with zero attached hydrogens (tertiary/aromatic N) is 5. The number of rotatable bonds is 4. The maximum atomic E-state index is 12.9. The summed E-state index contributed by atoms with van der Waals surface area (Å²) in [5, 5.41) is 2.41. The molecule has 3 aromatic heterocycles. The number of likely N-dealkylation sites (tertiary alicyclic amines) is 1. The zero-order valence-electron chi connectivity index (χ0n) is 18.8. The van der Waals surface area contributed by atoms with Gasteiger partial charge in [-0.3, -0.25) is 14.1 Å². The van der Waals surface area contributed by atoms with Gasteiger partial charge in [-0.15, -0.1) is 0 Å². The van der Waals surface area contributed by atoms with Crippen LogP contribution >= 0.6 is 0 Å². The van der Waals surface area contributed by atoms with E-state index in [-0.39, 0.29) is 17.4 Å². The smallest absolute Gasteiger partial charge is 0.382 e. The lowest BCUT2D eigenvalue weighted by molar-refractivity contribution is -0.137.